The second-order valence-electron chi connectivity index (χ2n) is 35.6. The molecule has 0 atom stereocenters. The molecule has 134 heavy (non-hydrogen) atoms. The molecule has 0 spiro atoms. The van der Waals surface area contributed by atoms with E-state index >= 15 is 18.3 Å². The van der Waals surface area contributed by atoms with E-state index in [2.05, 4.69) is 319 Å². The fourth-order valence-electron chi connectivity index (χ4n) is 19.7. The van der Waals surface area contributed by atoms with Gasteiger partial charge in [0.05, 0.1) is 22.8 Å². The quantitative estimate of drug-likeness (QED) is 0.0795. The van der Waals surface area contributed by atoms with Crippen molar-refractivity contribution in [2.75, 3.05) is 0 Å². The average Bonchev–Trinajstić information content (AvgIpc) is 0.707. The van der Waals surface area contributed by atoms with E-state index in [0.29, 0.717) is 0 Å². The molecule has 2 aliphatic rings. The van der Waals surface area contributed by atoms with E-state index in [-0.39, 0.29) is 10.8 Å². The highest BCUT2D eigenvalue weighted by molar-refractivity contribution is 7.86. The first kappa shape index (κ1) is 85.9. The minimum Gasteiger partial charge on any atom is -0.309 e. The predicted molar refractivity (Wildman–Crippen MR) is 565 cm³/mol. The van der Waals surface area contributed by atoms with Gasteiger partial charge in [-0.15, -0.1) is 0 Å². The second kappa shape index (κ2) is 35.7. The summed E-state index contributed by atoms with van der Waals surface area (Å²) in [5.74, 6) is 0. The fraction of sp³-hybridized carbons (Fsp3) is 0.0484. The zero-order valence-corrected chi connectivity index (χ0v) is 78.2. The highest BCUT2D eigenvalue weighted by atomic mass is 31.2. The number of hydrogen-bond donors (Lipinski definition) is 0. The minimum atomic E-state index is -3.20. The monoisotopic (exact) mass is 1800 g/mol. The molecule has 2 aromatic heterocycles. The van der Waals surface area contributed by atoms with Gasteiger partial charge in [-0.25, -0.2) is 9.97 Å². The zero-order valence-electron chi connectivity index (χ0n) is 74.7. The van der Waals surface area contributed by atoms with Crippen molar-refractivity contribution in [1.82, 2.24) is 9.97 Å². The van der Waals surface area contributed by atoms with Gasteiger partial charge in [-0.1, -0.05) is 489 Å². The minimum absolute atomic E-state index is 0.280. The van der Waals surface area contributed by atoms with Crippen molar-refractivity contribution in [3.63, 3.8) is 0 Å². The summed E-state index contributed by atoms with van der Waals surface area (Å²) in [5.41, 5.74) is 24.0. The van der Waals surface area contributed by atoms with Gasteiger partial charge in [-0.05, 0) is 125 Å². The largest absolute Gasteiger partial charge is 0.309 e. The Kier molecular flexibility index (Phi) is 22.9. The summed E-state index contributed by atoms with van der Waals surface area (Å²) < 4.78 is 61.7. The lowest BCUT2D eigenvalue weighted by atomic mass is 9.78. The first-order chi connectivity index (χ1) is 65.4. The first-order valence-corrected chi connectivity index (χ1v) is 52.3. The summed E-state index contributed by atoms with van der Waals surface area (Å²) in [7, 11) is -12.6. The standard InChI is InChI=1S/C65H47NO2P2.C59H47NO2P2/c67-69(58-24-8-2-9-25-58,59-26-10-3-11-27-59)62-40-36-50(37-41-62)53-20-16-22-55(44-53)64-46-57(52-34-32-49(33-35-52)48-18-6-1-7-19-48)47-65(66-64)56-23-17-21-54(45-56)51-38-42-63(43-39-51)70(68,60-28-12-4-13-29-60)61-30-14-5-15-31-61;1-58(2)48-18-8-12-22-54(48)63(61,55-23-13-9-19-49(55)58)46-34-30-43(31-35-46)52-38-45(42-28-26-41(27-29-42)40-16-6-5-7-17-40)39-53(60-52)44-32-36-47(37-33-44)64(62)56-24-14-10-20-50(56)59(3,4)51-21-11-15-25-57(51)64/h1-47H;5-39H,1-4H3. The van der Waals surface area contributed by atoms with Gasteiger partial charge in [0, 0.05) is 96.7 Å². The molecule has 0 unspecified atom stereocenters. The molecular weight excluding hydrogens is 1710 g/mol. The number of rotatable bonds is 18. The highest BCUT2D eigenvalue weighted by Gasteiger charge is 2.47. The molecule has 4 heterocycles. The molecule has 0 fully saturated rings. The smallest absolute Gasteiger partial charge is 0.171 e. The third-order valence-corrected chi connectivity index (χ3v) is 39.4. The van der Waals surface area contributed by atoms with Gasteiger partial charge in [0.2, 0.25) is 0 Å². The number of pyridine rings is 2. The van der Waals surface area contributed by atoms with Gasteiger partial charge in [0.1, 0.15) is 0 Å². The summed E-state index contributed by atoms with van der Waals surface area (Å²) in [4.78, 5) is 10.7. The Bertz CT molecular complexity index is 7400. The van der Waals surface area contributed by atoms with Crippen molar-refractivity contribution in [1.29, 1.82) is 0 Å². The van der Waals surface area contributed by atoms with Crippen molar-refractivity contribution in [3.8, 4) is 112 Å². The lowest BCUT2D eigenvalue weighted by Gasteiger charge is -2.39. The Morgan fingerprint density at radius 2 is 0.373 bits per heavy atom. The average molecular weight is 1800 g/mol. The van der Waals surface area contributed by atoms with Crippen LogP contribution in [-0.4, -0.2) is 9.97 Å². The van der Waals surface area contributed by atoms with Crippen molar-refractivity contribution in [2.24, 2.45) is 0 Å². The Labute approximate surface area is 784 Å². The Balaban J connectivity index is 0.000000161. The van der Waals surface area contributed by atoms with Crippen LogP contribution in [0.3, 0.4) is 0 Å². The van der Waals surface area contributed by atoms with Crippen molar-refractivity contribution >= 4 is 92.2 Å². The van der Waals surface area contributed by atoms with E-state index in [1.807, 2.05) is 206 Å². The van der Waals surface area contributed by atoms with E-state index in [1.54, 1.807) is 0 Å². The molecule has 0 bridgehead atoms. The molecule has 0 saturated carbocycles. The lowest BCUT2D eigenvalue weighted by molar-refractivity contribution is 0.585. The summed E-state index contributed by atoms with van der Waals surface area (Å²) in [6.45, 7) is 8.91. The lowest BCUT2D eigenvalue weighted by Crippen LogP contribution is -2.42. The van der Waals surface area contributed by atoms with Gasteiger partial charge >= 0.3 is 0 Å². The van der Waals surface area contributed by atoms with Crippen LogP contribution in [-0.2, 0) is 29.1 Å². The summed E-state index contributed by atoms with van der Waals surface area (Å²) in [6.07, 6.45) is 0. The number of aromatic nitrogens is 2. The third-order valence-electron chi connectivity index (χ3n) is 26.9. The molecule has 18 aromatic carbocycles. The molecule has 6 nitrogen and oxygen atoms in total. The van der Waals surface area contributed by atoms with Crippen LogP contribution in [0.15, 0.2) is 497 Å². The number of benzene rings is 18. The summed E-state index contributed by atoms with van der Waals surface area (Å²) >= 11 is 0. The zero-order chi connectivity index (χ0) is 91.2. The maximum absolute atomic E-state index is 15.7. The number of nitrogens with zero attached hydrogens (tertiary/aromatic N) is 2. The second-order valence-corrected chi connectivity index (χ2v) is 46.5. The van der Waals surface area contributed by atoms with E-state index in [1.165, 1.54) is 11.1 Å². The fourth-order valence-corrected chi connectivity index (χ4v) is 31.8. The van der Waals surface area contributed by atoms with Gasteiger partial charge in [0.15, 0.2) is 28.6 Å². The number of hydrogen-bond acceptors (Lipinski definition) is 6. The van der Waals surface area contributed by atoms with Crippen molar-refractivity contribution < 1.29 is 18.3 Å². The molecule has 0 aliphatic carbocycles. The molecule has 0 N–H and O–H groups in total. The van der Waals surface area contributed by atoms with Gasteiger partial charge in [-0.2, -0.15) is 0 Å². The van der Waals surface area contributed by atoms with Crippen LogP contribution in [0.2, 0.25) is 0 Å². The molecule has 22 rings (SSSR count). The molecule has 0 radical (unpaired) electrons. The maximum Gasteiger partial charge on any atom is 0.171 e. The van der Waals surface area contributed by atoms with Gasteiger partial charge in [-0.3, -0.25) is 0 Å². The van der Waals surface area contributed by atoms with E-state index in [0.717, 1.165) is 187 Å². The molecule has 644 valence electrons. The van der Waals surface area contributed by atoms with Crippen molar-refractivity contribution in [3.05, 3.63) is 520 Å². The van der Waals surface area contributed by atoms with Crippen LogP contribution in [0, 0.1) is 0 Å². The molecule has 0 amide bonds. The van der Waals surface area contributed by atoms with E-state index in [4.69, 9.17) is 9.97 Å². The van der Waals surface area contributed by atoms with Crippen molar-refractivity contribution in [2.45, 2.75) is 38.5 Å². The van der Waals surface area contributed by atoms with Crippen LogP contribution >= 0.6 is 28.6 Å². The van der Waals surface area contributed by atoms with Gasteiger partial charge in [0.25, 0.3) is 0 Å². The van der Waals surface area contributed by atoms with Gasteiger partial charge < -0.3 is 18.3 Å². The van der Waals surface area contributed by atoms with E-state index in [9.17, 15) is 0 Å². The normalized spacial score (nSPS) is 13.6. The first-order valence-electron chi connectivity index (χ1n) is 45.5. The van der Waals surface area contributed by atoms with Crippen LogP contribution in [0.4, 0.5) is 0 Å². The number of fused-ring (bicyclic) bond motifs is 4. The Morgan fingerprint density at radius 3 is 0.657 bits per heavy atom. The van der Waals surface area contributed by atoms with Crippen LogP contribution in [0.25, 0.3) is 112 Å². The molecular formula is C124H94N2O4P4. The Hall–Kier alpha value is -14.8. The molecule has 20 aromatic rings. The van der Waals surface area contributed by atoms with E-state index < -0.39 is 28.6 Å². The third kappa shape index (κ3) is 15.7. The highest BCUT2D eigenvalue weighted by Crippen LogP contribution is 2.55. The maximum atomic E-state index is 15.7. The Morgan fingerprint density at radius 1 is 0.179 bits per heavy atom. The molecule has 2 aliphatic heterocycles. The predicted octanol–water partition coefficient (Wildman–Crippen LogP) is 26.7. The SMILES string of the molecule is CC1(C)c2ccccc2P(=O)(c2ccc(-c3cc(-c4ccc(-c5ccccc5)cc4)cc(-c4ccc(P5(=O)c6ccccc6C(C)(C)c6ccccc65)cc4)n3)cc2)c2ccccc21.O=P(c1ccccc1)(c1ccccc1)c1ccc(-c2cccc(-c3cc(-c4ccc(-c5ccccc5)cc4)cc(-c4cccc(-c5ccc(P(=O)(c6ccccc6)c6ccccc6)cc5)c4)n3)c2)cc1. The topological polar surface area (TPSA) is 94.1 Å². The molecule has 10 heteroatoms. The van der Waals surface area contributed by atoms with Crippen LogP contribution < -0.4 is 63.7 Å². The van der Waals surface area contributed by atoms with Crippen LogP contribution in [0.1, 0.15) is 49.9 Å². The summed E-state index contributed by atoms with van der Waals surface area (Å²) in [6, 6.07) is 169. The summed E-state index contributed by atoms with van der Waals surface area (Å²) in [5, 5.41) is 10.1. The molecule has 0 saturated heterocycles. The van der Waals surface area contributed by atoms with Crippen LogP contribution in [0.5, 0.6) is 0 Å².